The fraction of sp³-hybridized carbons (Fsp3) is 0.278. The molecule has 25 heavy (non-hydrogen) atoms. The number of ether oxygens (including phenoxy) is 2. The summed E-state index contributed by atoms with van der Waals surface area (Å²) in [5, 5.41) is 17.5. The molecule has 0 heterocycles. The third-order valence-electron chi connectivity index (χ3n) is 3.68. The van der Waals surface area contributed by atoms with Gasteiger partial charge < -0.3 is 25.2 Å². The molecular formula is C18H21ClN2O3S. The van der Waals surface area contributed by atoms with Crippen LogP contribution in [0.4, 0.5) is 5.69 Å². The van der Waals surface area contributed by atoms with Crippen molar-refractivity contribution in [1.29, 1.82) is 0 Å². The lowest BCUT2D eigenvalue weighted by atomic mass is 10.1. The van der Waals surface area contributed by atoms with Crippen LogP contribution in [0.15, 0.2) is 36.4 Å². The number of halogens is 1. The minimum atomic E-state index is -0.745. The molecule has 0 amide bonds. The third-order valence-corrected chi connectivity index (χ3v) is 4.17. The molecule has 1 atom stereocenters. The highest BCUT2D eigenvalue weighted by atomic mass is 35.5. The lowest BCUT2D eigenvalue weighted by Gasteiger charge is -2.17. The second-order valence-electron chi connectivity index (χ2n) is 5.42. The number of aryl methyl sites for hydroxylation is 1. The lowest BCUT2D eigenvalue weighted by molar-refractivity contribution is 0.181. The van der Waals surface area contributed by atoms with Gasteiger partial charge in [0.15, 0.2) is 16.6 Å². The highest BCUT2D eigenvalue weighted by Gasteiger charge is 2.12. The SMILES string of the molecule is COc1ccc(C(O)CNC(=S)Nc2ccc(Cl)cc2C)cc1OC. The maximum atomic E-state index is 10.3. The smallest absolute Gasteiger partial charge is 0.170 e. The van der Waals surface area contributed by atoms with E-state index in [2.05, 4.69) is 10.6 Å². The summed E-state index contributed by atoms with van der Waals surface area (Å²) in [6, 6.07) is 10.8. The molecule has 134 valence electrons. The van der Waals surface area contributed by atoms with Gasteiger partial charge in [0.1, 0.15) is 0 Å². The van der Waals surface area contributed by atoms with Crippen LogP contribution >= 0.6 is 23.8 Å². The van der Waals surface area contributed by atoms with E-state index in [-0.39, 0.29) is 6.54 Å². The standard InChI is InChI=1S/C18H21ClN2O3S/c1-11-8-13(19)5-6-14(11)21-18(25)20-10-15(22)12-4-7-16(23-2)17(9-12)24-3/h4-9,15,22H,10H2,1-3H3,(H2,20,21,25). The Labute approximate surface area is 157 Å². The molecule has 0 saturated carbocycles. The fourth-order valence-electron chi connectivity index (χ4n) is 2.30. The van der Waals surface area contributed by atoms with Crippen LogP contribution in [0.2, 0.25) is 5.02 Å². The number of methoxy groups -OCH3 is 2. The van der Waals surface area contributed by atoms with E-state index < -0.39 is 6.10 Å². The number of aliphatic hydroxyl groups is 1. The van der Waals surface area contributed by atoms with Gasteiger partial charge in [-0.2, -0.15) is 0 Å². The van der Waals surface area contributed by atoms with Gasteiger partial charge in [0.25, 0.3) is 0 Å². The fourth-order valence-corrected chi connectivity index (χ4v) is 2.72. The quantitative estimate of drug-likeness (QED) is 0.664. The van der Waals surface area contributed by atoms with Gasteiger partial charge in [0, 0.05) is 17.3 Å². The Morgan fingerprint density at radius 2 is 1.88 bits per heavy atom. The Morgan fingerprint density at radius 3 is 2.52 bits per heavy atom. The van der Waals surface area contributed by atoms with Crippen LogP contribution in [0, 0.1) is 6.92 Å². The number of nitrogens with one attached hydrogen (secondary N) is 2. The molecule has 0 fully saturated rings. The zero-order chi connectivity index (χ0) is 18.4. The Balaban J connectivity index is 1.95. The van der Waals surface area contributed by atoms with E-state index in [0.717, 1.165) is 11.3 Å². The van der Waals surface area contributed by atoms with E-state index in [4.69, 9.17) is 33.3 Å². The first kappa shape index (κ1) is 19.3. The molecule has 0 aliphatic heterocycles. The number of aliphatic hydroxyl groups excluding tert-OH is 1. The molecule has 0 bridgehead atoms. The molecule has 0 saturated heterocycles. The average molecular weight is 381 g/mol. The highest BCUT2D eigenvalue weighted by Crippen LogP contribution is 2.29. The summed E-state index contributed by atoms with van der Waals surface area (Å²) in [4.78, 5) is 0. The molecule has 2 aromatic rings. The monoisotopic (exact) mass is 380 g/mol. The van der Waals surface area contributed by atoms with E-state index in [0.29, 0.717) is 27.2 Å². The van der Waals surface area contributed by atoms with Crippen LogP contribution in [0.3, 0.4) is 0 Å². The molecule has 0 aromatic heterocycles. The largest absolute Gasteiger partial charge is 0.493 e. The van der Waals surface area contributed by atoms with Crippen molar-refractivity contribution < 1.29 is 14.6 Å². The molecule has 3 N–H and O–H groups in total. The molecule has 0 radical (unpaired) electrons. The molecule has 0 aliphatic rings. The van der Waals surface area contributed by atoms with E-state index in [1.54, 1.807) is 38.5 Å². The molecule has 1 unspecified atom stereocenters. The van der Waals surface area contributed by atoms with Crippen LogP contribution < -0.4 is 20.1 Å². The van der Waals surface area contributed by atoms with Gasteiger partial charge in [0.05, 0.1) is 20.3 Å². The highest BCUT2D eigenvalue weighted by molar-refractivity contribution is 7.80. The molecule has 0 aliphatic carbocycles. The van der Waals surface area contributed by atoms with Gasteiger partial charge in [-0.15, -0.1) is 0 Å². The summed E-state index contributed by atoms with van der Waals surface area (Å²) in [5.41, 5.74) is 2.55. The van der Waals surface area contributed by atoms with Crippen LogP contribution in [0.5, 0.6) is 11.5 Å². The minimum Gasteiger partial charge on any atom is -0.493 e. The molecule has 5 nitrogen and oxygen atoms in total. The second kappa shape index (κ2) is 8.89. The van der Waals surface area contributed by atoms with Crippen molar-refractivity contribution in [3.8, 4) is 11.5 Å². The second-order valence-corrected chi connectivity index (χ2v) is 6.27. The van der Waals surface area contributed by atoms with E-state index in [9.17, 15) is 5.11 Å². The van der Waals surface area contributed by atoms with Crippen molar-refractivity contribution in [1.82, 2.24) is 5.32 Å². The maximum Gasteiger partial charge on any atom is 0.170 e. The zero-order valence-electron chi connectivity index (χ0n) is 14.3. The minimum absolute atomic E-state index is 0.258. The lowest BCUT2D eigenvalue weighted by Crippen LogP contribution is -2.32. The van der Waals surface area contributed by atoms with Crippen molar-refractivity contribution in [3.63, 3.8) is 0 Å². The summed E-state index contributed by atoms with van der Waals surface area (Å²) in [6.45, 7) is 2.20. The van der Waals surface area contributed by atoms with Gasteiger partial charge in [0.2, 0.25) is 0 Å². The summed E-state index contributed by atoms with van der Waals surface area (Å²) in [7, 11) is 3.12. The van der Waals surface area contributed by atoms with E-state index in [1.807, 2.05) is 19.1 Å². The molecule has 0 spiro atoms. The average Bonchev–Trinajstić information content (AvgIpc) is 2.61. The van der Waals surface area contributed by atoms with Crippen molar-refractivity contribution in [2.45, 2.75) is 13.0 Å². The van der Waals surface area contributed by atoms with Crippen molar-refractivity contribution >= 4 is 34.6 Å². The van der Waals surface area contributed by atoms with Gasteiger partial charge in [-0.25, -0.2) is 0 Å². The van der Waals surface area contributed by atoms with Crippen molar-refractivity contribution in [3.05, 3.63) is 52.5 Å². The van der Waals surface area contributed by atoms with Crippen LogP contribution in [-0.4, -0.2) is 31.0 Å². The van der Waals surface area contributed by atoms with Crippen LogP contribution in [0.1, 0.15) is 17.2 Å². The van der Waals surface area contributed by atoms with E-state index in [1.165, 1.54) is 0 Å². The van der Waals surface area contributed by atoms with E-state index >= 15 is 0 Å². The predicted molar refractivity (Wildman–Crippen MR) is 105 cm³/mol. The molecule has 2 rings (SSSR count). The molecule has 7 heteroatoms. The van der Waals surface area contributed by atoms with Gasteiger partial charge >= 0.3 is 0 Å². The van der Waals surface area contributed by atoms with Crippen LogP contribution in [0.25, 0.3) is 0 Å². The maximum absolute atomic E-state index is 10.3. The number of thiocarbonyl (C=S) groups is 1. The first-order chi connectivity index (χ1) is 11.9. The third kappa shape index (κ3) is 5.22. The molecule has 2 aromatic carbocycles. The van der Waals surface area contributed by atoms with Crippen molar-refractivity contribution in [2.75, 3.05) is 26.1 Å². The summed E-state index contributed by atoms with van der Waals surface area (Å²) in [5.74, 6) is 1.18. The van der Waals surface area contributed by atoms with Crippen molar-refractivity contribution in [2.24, 2.45) is 0 Å². The predicted octanol–water partition coefficient (Wildman–Crippen LogP) is 3.69. The van der Waals surface area contributed by atoms with Crippen LogP contribution in [-0.2, 0) is 0 Å². The number of hydrogen-bond donors (Lipinski definition) is 3. The molecular weight excluding hydrogens is 360 g/mol. The summed E-state index contributed by atoms with van der Waals surface area (Å²) in [6.07, 6.45) is -0.745. The Hall–Kier alpha value is -2.02. The number of hydrogen-bond acceptors (Lipinski definition) is 4. The zero-order valence-corrected chi connectivity index (χ0v) is 15.9. The number of rotatable bonds is 6. The Bertz CT molecular complexity index is 755. The number of benzene rings is 2. The van der Waals surface area contributed by atoms with Gasteiger partial charge in [-0.3, -0.25) is 0 Å². The topological polar surface area (TPSA) is 62.8 Å². The Morgan fingerprint density at radius 1 is 1.16 bits per heavy atom. The first-order valence-electron chi connectivity index (χ1n) is 7.65. The summed E-state index contributed by atoms with van der Waals surface area (Å²) >= 11 is 11.2. The normalized spacial score (nSPS) is 11.6. The van der Waals surface area contributed by atoms with Gasteiger partial charge in [-0.1, -0.05) is 17.7 Å². The summed E-state index contributed by atoms with van der Waals surface area (Å²) < 4.78 is 10.4. The van der Waals surface area contributed by atoms with Gasteiger partial charge in [-0.05, 0) is 60.6 Å². The number of anilines is 1. The first-order valence-corrected chi connectivity index (χ1v) is 8.44. The Kier molecular flexibility index (Phi) is 6.87.